The Bertz CT molecular complexity index is 868. The summed E-state index contributed by atoms with van der Waals surface area (Å²) in [6.07, 6.45) is 0. The molecule has 0 saturated heterocycles. The number of ether oxygens (including phenoxy) is 2. The number of carbonyl (C=O) groups is 3. The van der Waals surface area contributed by atoms with Gasteiger partial charge in [0.1, 0.15) is 17.1 Å². The maximum atomic E-state index is 12.8. The minimum Gasteiger partial charge on any atom is -0.507 e. The number of rotatable bonds is 4. The monoisotopic (exact) mass is 344 g/mol. The molecule has 0 bridgehead atoms. The van der Waals surface area contributed by atoms with Crippen LogP contribution in [-0.4, -0.2) is 42.2 Å². The predicted octanol–water partition coefficient (Wildman–Crippen LogP) is 2.21. The van der Waals surface area contributed by atoms with Crippen LogP contribution in [0, 0.1) is 6.92 Å². The highest BCUT2D eigenvalue weighted by Crippen LogP contribution is 2.30. The van der Waals surface area contributed by atoms with Crippen LogP contribution in [0.2, 0.25) is 0 Å². The average molecular weight is 344 g/mol. The second kappa shape index (κ2) is 7.04. The largest absolute Gasteiger partial charge is 0.507 e. The highest BCUT2D eigenvalue weighted by atomic mass is 16.5. The summed E-state index contributed by atoms with van der Waals surface area (Å²) >= 11 is 0. The van der Waals surface area contributed by atoms with Crippen LogP contribution in [0.5, 0.6) is 11.5 Å². The van der Waals surface area contributed by atoms with Crippen LogP contribution in [-0.2, 0) is 9.47 Å². The van der Waals surface area contributed by atoms with Gasteiger partial charge in [0.2, 0.25) is 0 Å². The van der Waals surface area contributed by atoms with Crippen molar-refractivity contribution in [2.75, 3.05) is 14.2 Å². The molecule has 7 heteroatoms. The lowest BCUT2D eigenvalue weighted by Crippen LogP contribution is -2.18. The molecule has 0 aliphatic carbocycles. The summed E-state index contributed by atoms with van der Waals surface area (Å²) in [5.41, 5.74) is -0.446. The summed E-state index contributed by atoms with van der Waals surface area (Å²) in [4.78, 5) is 37.0. The zero-order chi connectivity index (χ0) is 18.7. The van der Waals surface area contributed by atoms with Crippen molar-refractivity contribution in [2.45, 2.75) is 6.92 Å². The van der Waals surface area contributed by atoms with E-state index in [1.807, 2.05) is 0 Å². The first-order valence-corrected chi connectivity index (χ1v) is 7.18. The van der Waals surface area contributed by atoms with Gasteiger partial charge in [-0.1, -0.05) is 11.6 Å². The second-order valence-electron chi connectivity index (χ2n) is 5.22. The summed E-state index contributed by atoms with van der Waals surface area (Å²) in [6, 6.07) is 6.69. The van der Waals surface area contributed by atoms with Gasteiger partial charge in [-0.25, -0.2) is 9.59 Å². The lowest BCUT2D eigenvalue weighted by atomic mass is 9.93. The van der Waals surface area contributed by atoms with Crippen LogP contribution in [0.15, 0.2) is 30.3 Å². The van der Waals surface area contributed by atoms with Crippen molar-refractivity contribution in [3.8, 4) is 11.5 Å². The highest BCUT2D eigenvalue weighted by Gasteiger charge is 2.30. The van der Waals surface area contributed by atoms with Gasteiger partial charge >= 0.3 is 11.9 Å². The number of methoxy groups -OCH3 is 2. The highest BCUT2D eigenvalue weighted by molar-refractivity contribution is 6.19. The molecule has 130 valence electrons. The molecule has 0 aromatic heterocycles. The molecule has 2 rings (SSSR count). The summed E-state index contributed by atoms with van der Waals surface area (Å²) in [6.45, 7) is 1.73. The molecule has 2 aromatic carbocycles. The standard InChI is InChI=1S/C18H16O7/c1-9-4-6-12(19)11(8-9)16(21)10-5-7-13(20)15(18(23)25-3)14(10)17(22)24-2/h4-8,19-20H,1-3H3. The Kier molecular flexibility index (Phi) is 5.07. The van der Waals surface area contributed by atoms with Gasteiger partial charge in [0.05, 0.1) is 25.3 Å². The molecule has 0 amide bonds. The molecule has 0 radical (unpaired) electrons. The van der Waals surface area contributed by atoms with E-state index < -0.39 is 34.6 Å². The van der Waals surface area contributed by atoms with Gasteiger partial charge in [-0.15, -0.1) is 0 Å². The van der Waals surface area contributed by atoms with Crippen molar-refractivity contribution in [1.29, 1.82) is 0 Å². The lowest BCUT2D eigenvalue weighted by molar-refractivity contribution is 0.0550. The topological polar surface area (TPSA) is 110 Å². The van der Waals surface area contributed by atoms with Crippen molar-refractivity contribution in [3.05, 3.63) is 58.1 Å². The Hall–Kier alpha value is -3.35. The molecule has 0 heterocycles. The molecule has 7 nitrogen and oxygen atoms in total. The van der Waals surface area contributed by atoms with Gasteiger partial charge in [-0.05, 0) is 31.2 Å². The van der Waals surface area contributed by atoms with E-state index in [0.29, 0.717) is 5.56 Å². The molecule has 0 saturated carbocycles. The minimum atomic E-state index is -0.999. The Labute approximate surface area is 143 Å². The van der Waals surface area contributed by atoms with E-state index in [0.717, 1.165) is 20.3 Å². The first kappa shape index (κ1) is 18.0. The number of ketones is 1. The number of hydrogen-bond acceptors (Lipinski definition) is 7. The molecule has 0 atom stereocenters. The van der Waals surface area contributed by atoms with E-state index >= 15 is 0 Å². The molecular formula is C18H16O7. The van der Waals surface area contributed by atoms with Gasteiger partial charge in [-0.2, -0.15) is 0 Å². The zero-order valence-electron chi connectivity index (χ0n) is 13.8. The Morgan fingerprint density at radius 2 is 1.36 bits per heavy atom. The molecule has 2 aromatic rings. The van der Waals surface area contributed by atoms with Crippen LogP contribution >= 0.6 is 0 Å². The normalized spacial score (nSPS) is 10.2. The van der Waals surface area contributed by atoms with E-state index in [4.69, 9.17) is 0 Å². The number of carbonyl (C=O) groups excluding carboxylic acids is 3. The molecule has 0 spiro atoms. The number of aryl methyl sites for hydroxylation is 1. The van der Waals surface area contributed by atoms with Gasteiger partial charge in [-0.3, -0.25) is 4.79 Å². The summed E-state index contributed by atoms with van der Waals surface area (Å²) in [5.74, 6) is -3.50. The number of phenolic OH excluding ortho intramolecular Hbond substituents is 2. The maximum Gasteiger partial charge on any atom is 0.342 e. The Balaban J connectivity index is 2.77. The molecule has 0 aliphatic rings. The Morgan fingerprint density at radius 3 is 1.96 bits per heavy atom. The van der Waals surface area contributed by atoms with E-state index in [-0.39, 0.29) is 16.9 Å². The maximum absolute atomic E-state index is 12.8. The third kappa shape index (κ3) is 3.30. The number of phenols is 2. The first-order valence-electron chi connectivity index (χ1n) is 7.18. The smallest absolute Gasteiger partial charge is 0.342 e. The van der Waals surface area contributed by atoms with Crippen molar-refractivity contribution in [3.63, 3.8) is 0 Å². The number of benzene rings is 2. The molecule has 0 fully saturated rings. The fourth-order valence-corrected chi connectivity index (χ4v) is 2.38. The van der Waals surface area contributed by atoms with Gasteiger partial charge in [0.15, 0.2) is 5.78 Å². The number of esters is 2. The summed E-state index contributed by atoms with van der Waals surface area (Å²) in [7, 11) is 2.15. The third-order valence-electron chi connectivity index (χ3n) is 3.60. The fraction of sp³-hybridized carbons (Fsp3) is 0.167. The van der Waals surface area contributed by atoms with Crippen molar-refractivity contribution in [1.82, 2.24) is 0 Å². The average Bonchev–Trinajstić information content (AvgIpc) is 2.61. The van der Waals surface area contributed by atoms with Gasteiger partial charge < -0.3 is 19.7 Å². The van der Waals surface area contributed by atoms with Crippen LogP contribution in [0.1, 0.15) is 42.2 Å². The fourth-order valence-electron chi connectivity index (χ4n) is 2.38. The lowest BCUT2D eigenvalue weighted by Gasteiger charge is -2.13. The van der Waals surface area contributed by atoms with E-state index in [2.05, 4.69) is 9.47 Å². The Morgan fingerprint density at radius 1 is 0.800 bits per heavy atom. The minimum absolute atomic E-state index is 0.0494. The van der Waals surface area contributed by atoms with E-state index in [1.54, 1.807) is 13.0 Å². The zero-order valence-corrected chi connectivity index (χ0v) is 13.8. The van der Waals surface area contributed by atoms with Gasteiger partial charge in [0.25, 0.3) is 0 Å². The SMILES string of the molecule is COC(=O)c1c(O)ccc(C(=O)c2cc(C)ccc2O)c1C(=O)OC. The molecule has 2 N–H and O–H groups in total. The van der Waals surface area contributed by atoms with Crippen molar-refractivity contribution < 1.29 is 34.1 Å². The van der Waals surface area contributed by atoms with Crippen LogP contribution in [0.4, 0.5) is 0 Å². The third-order valence-corrected chi connectivity index (χ3v) is 3.60. The van der Waals surface area contributed by atoms with Crippen LogP contribution in [0.25, 0.3) is 0 Å². The van der Waals surface area contributed by atoms with Crippen LogP contribution in [0.3, 0.4) is 0 Å². The van der Waals surface area contributed by atoms with E-state index in [9.17, 15) is 24.6 Å². The van der Waals surface area contributed by atoms with Crippen molar-refractivity contribution in [2.24, 2.45) is 0 Å². The van der Waals surface area contributed by atoms with Gasteiger partial charge in [0, 0.05) is 5.56 Å². The molecule has 0 unspecified atom stereocenters. The molecular weight excluding hydrogens is 328 g/mol. The van der Waals surface area contributed by atoms with Crippen molar-refractivity contribution >= 4 is 17.7 Å². The van der Waals surface area contributed by atoms with E-state index in [1.165, 1.54) is 18.2 Å². The molecule has 0 aliphatic heterocycles. The quantitative estimate of drug-likeness (QED) is 0.646. The number of hydrogen-bond donors (Lipinski definition) is 2. The van der Waals surface area contributed by atoms with Crippen LogP contribution < -0.4 is 0 Å². The number of aromatic hydroxyl groups is 2. The second-order valence-corrected chi connectivity index (χ2v) is 5.22. The summed E-state index contributed by atoms with van der Waals surface area (Å²) < 4.78 is 9.20. The molecule has 25 heavy (non-hydrogen) atoms. The predicted molar refractivity (Wildman–Crippen MR) is 87.1 cm³/mol. The summed E-state index contributed by atoms with van der Waals surface area (Å²) in [5, 5.41) is 19.9. The first-order chi connectivity index (χ1) is 11.8.